The zero-order chi connectivity index (χ0) is 26.1. The molecule has 0 radical (unpaired) electrons. The summed E-state index contributed by atoms with van der Waals surface area (Å²) >= 11 is 0. The van der Waals surface area contributed by atoms with Gasteiger partial charge in [0.15, 0.2) is 0 Å². The van der Waals surface area contributed by atoms with Gasteiger partial charge in [-0.3, -0.25) is 0 Å². The fraction of sp³-hybridized carbons (Fsp3) is 0.655. The molecule has 0 bridgehead atoms. The van der Waals surface area contributed by atoms with Crippen LogP contribution in [0.15, 0.2) is 23.3 Å². The van der Waals surface area contributed by atoms with E-state index in [0.29, 0.717) is 6.42 Å². The van der Waals surface area contributed by atoms with Crippen LogP contribution in [0.2, 0.25) is 0 Å². The molecule has 0 aromatic heterocycles. The average Bonchev–Trinajstić information content (AvgIpc) is 2.76. The Kier molecular flexibility index (Phi) is 9.18. The quantitative estimate of drug-likeness (QED) is 0.346. The minimum absolute atomic E-state index is 0.0324. The van der Waals surface area contributed by atoms with Gasteiger partial charge in [0.2, 0.25) is 0 Å². The number of terminal acetylenes is 1. The molecule has 0 fully saturated rings. The van der Waals surface area contributed by atoms with Crippen LogP contribution < -0.4 is 5.73 Å². The highest BCUT2D eigenvalue weighted by Crippen LogP contribution is 2.51. The molecule has 1 aliphatic rings. The number of hydrogen-bond acceptors (Lipinski definition) is 5. The molecule has 3 unspecified atom stereocenters. The topological polar surface area (TPSA) is 90.0 Å². The molecule has 190 valence electrons. The third-order valence-corrected chi connectivity index (χ3v) is 8.76. The summed E-state index contributed by atoms with van der Waals surface area (Å²) in [6, 6.07) is 3.48. The summed E-state index contributed by atoms with van der Waals surface area (Å²) < 4.78 is 0. The lowest BCUT2D eigenvalue weighted by Crippen LogP contribution is -2.62. The van der Waals surface area contributed by atoms with Gasteiger partial charge in [-0.2, -0.15) is 0 Å². The molecule has 1 aliphatic carbocycles. The Labute approximate surface area is 207 Å². The van der Waals surface area contributed by atoms with Gasteiger partial charge >= 0.3 is 0 Å². The van der Waals surface area contributed by atoms with Gasteiger partial charge in [-0.25, -0.2) is 0 Å². The number of nitrogens with two attached hydrogens (primary N) is 1. The zero-order valence-electron chi connectivity index (χ0n) is 22.6. The van der Waals surface area contributed by atoms with E-state index in [1.165, 1.54) is 0 Å². The zero-order valence-corrected chi connectivity index (χ0v) is 22.6. The Morgan fingerprint density at radius 3 is 2.21 bits per heavy atom. The molecule has 0 heterocycles. The Hall–Kier alpha value is -1.68. The highest BCUT2D eigenvalue weighted by atomic mass is 16.3. The number of hydrogen-bond donors (Lipinski definition) is 4. The van der Waals surface area contributed by atoms with E-state index in [1.807, 2.05) is 58.8 Å². The molecule has 5 N–H and O–H groups in total. The number of likely N-dealkylation sites (N-methyl/N-ethyl adjacent to an activating group) is 1. The second-order valence-electron chi connectivity index (χ2n) is 10.9. The first kappa shape index (κ1) is 28.6. The van der Waals surface area contributed by atoms with E-state index in [1.54, 1.807) is 0 Å². The first-order chi connectivity index (χ1) is 15.7. The van der Waals surface area contributed by atoms with Gasteiger partial charge in [0.1, 0.15) is 0 Å². The van der Waals surface area contributed by atoms with Crippen LogP contribution in [0, 0.1) is 43.9 Å². The highest BCUT2D eigenvalue weighted by molar-refractivity contribution is 5.50. The molecule has 34 heavy (non-hydrogen) atoms. The van der Waals surface area contributed by atoms with E-state index in [-0.39, 0.29) is 30.4 Å². The normalized spacial score (nSPS) is 29.0. The number of benzene rings is 1. The second kappa shape index (κ2) is 10.9. The van der Waals surface area contributed by atoms with Crippen molar-refractivity contribution in [1.82, 2.24) is 4.90 Å². The predicted octanol–water partition coefficient (Wildman–Crippen LogP) is 3.36. The molecular weight excluding hydrogens is 424 g/mol. The van der Waals surface area contributed by atoms with Crippen LogP contribution in [0.1, 0.15) is 69.2 Å². The minimum atomic E-state index is -1.29. The van der Waals surface area contributed by atoms with Gasteiger partial charge in [-0.1, -0.05) is 31.4 Å². The van der Waals surface area contributed by atoms with E-state index < -0.39 is 23.7 Å². The van der Waals surface area contributed by atoms with Crippen LogP contribution in [0.5, 0.6) is 0 Å². The Bertz CT molecular complexity index is 945. The Morgan fingerprint density at radius 2 is 1.74 bits per heavy atom. The molecule has 1 aromatic carbocycles. The first-order valence-electron chi connectivity index (χ1n) is 12.4. The van der Waals surface area contributed by atoms with Crippen LogP contribution in [0.3, 0.4) is 0 Å². The molecule has 0 spiro atoms. The molecule has 0 saturated heterocycles. The summed E-state index contributed by atoms with van der Waals surface area (Å²) in [7, 11) is 3.76. The second-order valence-corrected chi connectivity index (χ2v) is 10.9. The summed E-state index contributed by atoms with van der Waals surface area (Å²) in [6.45, 7) is 14.1. The summed E-state index contributed by atoms with van der Waals surface area (Å²) in [5.41, 5.74) is 10.9. The van der Waals surface area contributed by atoms with Gasteiger partial charge in [0, 0.05) is 29.5 Å². The molecule has 1 aromatic rings. The lowest BCUT2D eigenvalue weighted by atomic mass is 9.58. The van der Waals surface area contributed by atoms with Crippen molar-refractivity contribution in [3.05, 3.63) is 45.5 Å². The van der Waals surface area contributed by atoms with Crippen LogP contribution in [-0.2, 0) is 0 Å². The van der Waals surface area contributed by atoms with Crippen molar-refractivity contribution in [2.24, 2.45) is 23.5 Å². The predicted molar refractivity (Wildman–Crippen MR) is 141 cm³/mol. The van der Waals surface area contributed by atoms with Crippen molar-refractivity contribution in [2.75, 3.05) is 20.7 Å². The lowest BCUT2D eigenvalue weighted by molar-refractivity contribution is -0.123. The van der Waals surface area contributed by atoms with Crippen molar-refractivity contribution in [1.29, 1.82) is 0 Å². The van der Waals surface area contributed by atoms with Gasteiger partial charge in [-0.05, 0) is 95.3 Å². The molecule has 2 rings (SSSR count). The number of aryl methyl sites for hydroxylation is 1. The van der Waals surface area contributed by atoms with Crippen molar-refractivity contribution in [2.45, 2.75) is 84.6 Å². The van der Waals surface area contributed by atoms with Crippen molar-refractivity contribution in [3.63, 3.8) is 0 Å². The maximum Gasteiger partial charge on any atom is 0.0928 e. The Balaban J connectivity index is 2.76. The van der Waals surface area contributed by atoms with Gasteiger partial charge in [-0.15, -0.1) is 6.42 Å². The summed E-state index contributed by atoms with van der Waals surface area (Å²) in [5, 5.41) is 34.6. The molecule has 0 saturated carbocycles. The molecule has 5 nitrogen and oxygen atoms in total. The molecule has 0 aliphatic heterocycles. The van der Waals surface area contributed by atoms with E-state index in [9.17, 15) is 15.3 Å². The maximum absolute atomic E-state index is 12.2. The van der Waals surface area contributed by atoms with Crippen LogP contribution in [0.25, 0.3) is 0 Å². The lowest BCUT2D eigenvalue weighted by Gasteiger charge is -2.53. The van der Waals surface area contributed by atoms with E-state index >= 15 is 0 Å². The SMILES string of the molecule is C#Cc1ccc(C)c(C)c1[C@H](C)[C@@H]1C(C)=C(C)C(O)(CC(C)C(C)N)[C@H]([C@@H](CO)N(C)C)[C@H]1O. The molecular formula is C29H46N2O3. The van der Waals surface area contributed by atoms with Gasteiger partial charge in [0.05, 0.1) is 18.3 Å². The van der Waals surface area contributed by atoms with Crippen molar-refractivity contribution >= 4 is 0 Å². The summed E-state index contributed by atoms with van der Waals surface area (Å²) in [5.74, 6) is 1.95. The maximum atomic E-state index is 12.2. The number of aliphatic hydroxyl groups is 3. The molecule has 5 heteroatoms. The molecule has 0 amide bonds. The van der Waals surface area contributed by atoms with Gasteiger partial charge in [0.25, 0.3) is 0 Å². The first-order valence-corrected chi connectivity index (χ1v) is 12.4. The van der Waals surface area contributed by atoms with Crippen LogP contribution in [0.4, 0.5) is 0 Å². The van der Waals surface area contributed by atoms with Crippen molar-refractivity contribution < 1.29 is 15.3 Å². The fourth-order valence-electron chi connectivity index (χ4n) is 6.11. The van der Waals surface area contributed by atoms with E-state index in [4.69, 9.17) is 12.2 Å². The average molecular weight is 471 g/mol. The standard InChI is InChI=1S/C29H46N2O3/c1-11-23-13-12-16(2)18(4)25(23)20(6)26-19(5)21(7)29(34,14-17(3)22(8)30)27(28(26)33)24(15-32)31(9)10/h1,12-13,17,20,22,24,26-28,32-34H,14-15,30H2,2-10H3/t17?,20-,22?,24+,26-,27+,28-,29?/m0/s1. The largest absolute Gasteiger partial charge is 0.395 e. The summed E-state index contributed by atoms with van der Waals surface area (Å²) in [4.78, 5) is 1.90. The molecule has 8 atom stereocenters. The third-order valence-electron chi connectivity index (χ3n) is 8.76. The number of aliphatic hydroxyl groups excluding tert-OH is 2. The monoisotopic (exact) mass is 470 g/mol. The highest BCUT2D eigenvalue weighted by Gasteiger charge is 2.55. The third kappa shape index (κ3) is 4.98. The number of nitrogens with zero attached hydrogens (tertiary/aromatic N) is 1. The fourth-order valence-corrected chi connectivity index (χ4v) is 6.11. The number of rotatable bonds is 8. The van der Waals surface area contributed by atoms with Gasteiger partial charge < -0.3 is 26.0 Å². The van der Waals surface area contributed by atoms with E-state index in [2.05, 4.69) is 26.7 Å². The van der Waals surface area contributed by atoms with Crippen LogP contribution >= 0.6 is 0 Å². The summed E-state index contributed by atoms with van der Waals surface area (Å²) in [6.07, 6.45) is 5.42. The Morgan fingerprint density at radius 1 is 1.15 bits per heavy atom. The van der Waals surface area contributed by atoms with Crippen LogP contribution in [-0.4, -0.2) is 64.7 Å². The minimum Gasteiger partial charge on any atom is -0.395 e. The van der Waals surface area contributed by atoms with Crippen molar-refractivity contribution in [3.8, 4) is 12.3 Å². The van der Waals surface area contributed by atoms with E-state index in [0.717, 1.165) is 33.4 Å². The smallest absolute Gasteiger partial charge is 0.0928 e.